The maximum Gasteiger partial charge on any atom is 0.333 e. The van der Waals surface area contributed by atoms with Crippen molar-refractivity contribution < 1.29 is 19.1 Å². The number of hydrogen-bond donors (Lipinski definition) is 0. The molecule has 0 spiro atoms. The minimum Gasteiger partial charge on any atom is -0.459 e. The van der Waals surface area contributed by atoms with Gasteiger partial charge in [0, 0.05) is 11.1 Å². The van der Waals surface area contributed by atoms with Crippen LogP contribution in [0.5, 0.6) is 0 Å². The quantitative estimate of drug-likeness (QED) is 0.166. The predicted molar refractivity (Wildman–Crippen MR) is 163 cm³/mol. The van der Waals surface area contributed by atoms with Crippen molar-refractivity contribution in [2.45, 2.75) is 62.3 Å². The van der Waals surface area contributed by atoms with Crippen LogP contribution in [0.15, 0.2) is 113 Å². The molecule has 4 nitrogen and oxygen atoms in total. The number of allylic oxidation sites excluding steroid dienone is 7. The van der Waals surface area contributed by atoms with Gasteiger partial charge >= 0.3 is 11.9 Å². The monoisotopic (exact) mass is 492 g/mol. The molecule has 204 valence electrons. The van der Waals surface area contributed by atoms with Gasteiger partial charge in [0.05, 0.1) is 0 Å². The van der Waals surface area contributed by atoms with Crippen molar-refractivity contribution in [2.24, 2.45) is 0 Å². The van der Waals surface area contributed by atoms with Crippen LogP contribution in [0.1, 0.15) is 62.3 Å². The fourth-order valence-corrected chi connectivity index (χ4v) is 0.515. The highest BCUT2D eigenvalue weighted by molar-refractivity contribution is 5.87. The second-order valence-corrected chi connectivity index (χ2v) is 5.69. The highest BCUT2D eigenvalue weighted by Gasteiger charge is 2.05. The van der Waals surface area contributed by atoms with Gasteiger partial charge in [0.15, 0.2) is 0 Å². The van der Waals surface area contributed by atoms with Gasteiger partial charge in [-0.3, -0.25) is 0 Å². The standard InChI is InChI=1S/C10H14O4.7C3H6/c1-7(2)9(11)13-5-6-14-10(12)8(3)4;7*1-3-2/h1,3,5-6H2,2,4H3;7*3H,1H2,2H3. The van der Waals surface area contributed by atoms with Crippen molar-refractivity contribution in [3.8, 4) is 0 Å². The van der Waals surface area contributed by atoms with E-state index in [4.69, 9.17) is 0 Å². The second kappa shape index (κ2) is 69.8. The van der Waals surface area contributed by atoms with Crippen molar-refractivity contribution in [3.05, 3.63) is 113 Å². The van der Waals surface area contributed by atoms with E-state index in [0.717, 1.165) is 0 Å². The van der Waals surface area contributed by atoms with Gasteiger partial charge < -0.3 is 9.47 Å². The van der Waals surface area contributed by atoms with Crippen LogP contribution >= 0.6 is 0 Å². The van der Waals surface area contributed by atoms with Gasteiger partial charge in [0.2, 0.25) is 0 Å². The Labute approximate surface area is 219 Å². The molecule has 0 aliphatic rings. The number of esters is 2. The van der Waals surface area contributed by atoms with Crippen LogP contribution in [0.2, 0.25) is 0 Å². The Hall–Kier alpha value is -3.40. The van der Waals surface area contributed by atoms with Crippen LogP contribution in [0.25, 0.3) is 0 Å². The Morgan fingerprint density at radius 1 is 0.486 bits per heavy atom. The Kier molecular flexibility index (Phi) is 106. The van der Waals surface area contributed by atoms with E-state index in [9.17, 15) is 9.59 Å². The molecule has 0 aromatic carbocycles. The number of hydrogen-bond acceptors (Lipinski definition) is 4. The number of ether oxygens (including phenoxy) is 2. The molecule has 0 saturated carbocycles. The molecule has 0 amide bonds. The third-order valence-electron chi connectivity index (χ3n) is 1.25. The van der Waals surface area contributed by atoms with Crippen LogP contribution < -0.4 is 0 Å². The molecule has 0 aliphatic carbocycles. The maximum absolute atomic E-state index is 10.8. The van der Waals surface area contributed by atoms with Crippen LogP contribution in [0.3, 0.4) is 0 Å². The molecule has 0 radical (unpaired) electrons. The molecule has 0 bridgehead atoms. The average Bonchev–Trinajstić information content (AvgIpc) is 2.75. The topological polar surface area (TPSA) is 52.6 Å². The fourth-order valence-electron chi connectivity index (χ4n) is 0.515. The predicted octanol–water partition coefficient (Wildman–Crippen LogP) is 9.57. The normalized spacial score (nSPS) is 6.20. The summed E-state index contributed by atoms with van der Waals surface area (Å²) in [7, 11) is 0. The van der Waals surface area contributed by atoms with E-state index in [0.29, 0.717) is 11.1 Å². The van der Waals surface area contributed by atoms with Crippen molar-refractivity contribution in [3.63, 3.8) is 0 Å². The maximum atomic E-state index is 10.8. The highest BCUT2D eigenvalue weighted by Crippen LogP contribution is 1.94. The molecule has 0 aromatic rings. The molecule has 0 fully saturated rings. The van der Waals surface area contributed by atoms with E-state index < -0.39 is 11.9 Å². The molecule has 35 heavy (non-hydrogen) atoms. The number of carbonyl (C=O) groups is 2. The summed E-state index contributed by atoms with van der Waals surface area (Å²) in [5.41, 5.74) is 0.632. The number of carbonyl (C=O) groups excluding carboxylic acids is 2. The minimum absolute atomic E-state index is 0.0325. The summed E-state index contributed by atoms with van der Waals surface area (Å²) in [5, 5.41) is 0. The lowest BCUT2D eigenvalue weighted by Gasteiger charge is -2.05. The number of rotatable bonds is 5. The molecule has 0 unspecified atom stereocenters. The highest BCUT2D eigenvalue weighted by atomic mass is 16.6. The summed E-state index contributed by atoms with van der Waals surface area (Å²) in [6.45, 7) is 46.7. The fraction of sp³-hybridized carbons (Fsp3) is 0.355. The van der Waals surface area contributed by atoms with Gasteiger partial charge in [-0.2, -0.15) is 0 Å². The van der Waals surface area contributed by atoms with Crippen LogP contribution in [0.4, 0.5) is 0 Å². The zero-order valence-corrected chi connectivity index (χ0v) is 24.5. The molecular weight excluding hydrogens is 436 g/mol. The first kappa shape index (κ1) is 53.1. The van der Waals surface area contributed by atoms with Crippen molar-refractivity contribution in [1.82, 2.24) is 0 Å². The Morgan fingerprint density at radius 3 is 0.686 bits per heavy atom. The van der Waals surface area contributed by atoms with E-state index in [1.807, 2.05) is 48.5 Å². The van der Waals surface area contributed by atoms with Gasteiger partial charge in [-0.25, -0.2) is 9.59 Å². The van der Waals surface area contributed by atoms with Crippen molar-refractivity contribution in [2.75, 3.05) is 13.2 Å². The van der Waals surface area contributed by atoms with Gasteiger partial charge in [0.25, 0.3) is 0 Å². The van der Waals surface area contributed by atoms with Gasteiger partial charge in [-0.15, -0.1) is 46.1 Å². The smallest absolute Gasteiger partial charge is 0.333 e. The summed E-state index contributed by atoms with van der Waals surface area (Å²) >= 11 is 0. The molecule has 0 saturated heterocycles. The van der Waals surface area contributed by atoms with E-state index in [2.05, 4.69) is 68.7 Å². The third-order valence-corrected chi connectivity index (χ3v) is 1.25. The second-order valence-electron chi connectivity index (χ2n) is 5.69. The summed E-state index contributed by atoms with van der Waals surface area (Å²) in [6, 6.07) is 0. The molecule has 0 rings (SSSR count). The van der Waals surface area contributed by atoms with E-state index in [1.165, 1.54) is 0 Å². The molecule has 0 heterocycles. The Morgan fingerprint density at radius 2 is 0.600 bits per heavy atom. The molecule has 0 aliphatic heterocycles. The third kappa shape index (κ3) is 186. The first-order valence-electron chi connectivity index (χ1n) is 11.0. The average molecular weight is 493 g/mol. The molecule has 4 heteroatoms. The zero-order valence-electron chi connectivity index (χ0n) is 24.5. The largest absolute Gasteiger partial charge is 0.459 e. The minimum atomic E-state index is -0.489. The van der Waals surface area contributed by atoms with Crippen molar-refractivity contribution in [1.29, 1.82) is 0 Å². The Bertz CT molecular complexity index is 451. The lowest BCUT2D eigenvalue weighted by Crippen LogP contribution is -2.14. The molecular formula is C31H56O4. The zero-order chi connectivity index (χ0) is 30.1. The first-order valence-corrected chi connectivity index (χ1v) is 11.0. The van der Waals surface area contributed by atoms with Gasteiger partial charge in [-0.1, -0.05) is 55.7 Å². The summed E-state index contributed by atoms with van der Waals surface area (Å²) in [5.74, 6) is -0.979. The lowest BCUT2D eigenvalue weighted by atomic mass is 10.4. The lowest BCUT2D eigenvalue weighted by molar-refractivity contribution is -0.147. The first-order chi connectivity index (χ1) is 16.3. The van der Waals surface area contributed by atoms with Gasteiger partial charge in [-0.05, 0) is 62.3 Å². The summed E-state index contributed by atoms with van der Waals surface area (Å²) in [6.07, 6.45) is 12.2. The van der Waals surface area contributed by atoms with E-state index >= 15 is 0 Å². The Balaban J connectivity index is -0.0000000475. The summed E-state index contributed by atoms with van der Waals surface area (Å²) < 4.78 is 9.38. The van der Waals surface area contributed by atoms with E-state index in [1.54, 1.807) is 56.4 Å². The van der Waals surface area contributed by atoms with Gasteiger partial charge in [0.1, 0.15) is 13.2 Å². The molecule has 0 N–H and O–H groups in total. The van der Waals surface area contributed by atoms with Crippen LogP contribution in [-0.2, 0) is 19.1 Å². The SMILES string of the molecule is C=C(C)C(=O)OCCOC(=O)C(=C)C.C=CC.C=CC.C=CC.C=CC.C=CC.C=CC.C=CC. The van der Waals surface area contributed by atoms with Crippen LogP contribution in [-0.4, -0.2) is 25.2 Å². The molecule has 0 atom stereocenters. The molecule has 0 aromatic heterocycles. The summed E-state index contributed by atoms with van der Waals surface area (Å²) in [4.78, 5) is 21.7. The van der Waals surface area contributed by atoms with Crippen LogP contribution in [0, 0.1) is 0 Å². The van der Waals surface area contributed by atoms with Crippen molar-refractivity contribution >= 4 is 11.9 Å². The van der Waals surface area contributed by atoms with E-state index in [-0.39, 0.29) is 13.2 Å².